The maximum Gasteiger partial charge on any atom is 0.324 e. The van der Waals surface area contributed by atoms with Gasteiger partial charge in [-0.2, -0.15) is 4.31 Å². The van der Waals surface area contributed by atoms with Crippen LogP contribution in [0.2, 0.25) is 0 Å². The van der Waals surface area contributed by atoms with Crippen molar-refractivity contribution in [3.8, 4) is 0 Å². The number of benzene rings is 2. The first kappa shape index (κ1) is 27.9. The van der Waals surface area contributed by atoms with E-state index in [1.165, 1.54) is 13.2 Å². The molecule has 194 valence electrons. The Morgan fingerprint density at radius 3 is 2.56 bits per heavy atom. The van der Waals surface area contributed by atoms with Crippen molar-refractivity contribution in [2.75, 3.05) is 13.7 Å². The lowest BCUT2D eigenvalue weighted by atomic mass is 10.0. The Bertz CT molecular complexity index is 1270. The van der Waals surface area contributed by atoms with Gasteiger partial charge in [0.15, 0.2) is 0 Å². The molecule has 0 bridgehead atoms. The zero-order chi connectivity index (χ0) is 26.3. The largest absolute Gasteiger partial charge is 0.468 e. The summed E-state index contributed by atoms with van der Waals surface area (Å²) in [5, 5.41) is 8.36. The van der Waals surface area contributed by atoms with Crippen molar-refractivity contribution in [3.63, 3.8) is 0 Å². The summed E-state index contributed by atoms with van der Waals surface area (Å²) in [5.41, 5.74) is 1.80. The number of hydrogen-bond acceptors (Lipinski definition) is 6. The summed E-state index contributed by atoms with van der Waals surface area (Å²) in [6.07, 6.45) is 2.96. The first-order valence-electron chi connectivity index (χ1n) is 11.6. The molecule has 0 unspecified atom stereocenters. The molecule has 8 nitrogen and oxygen atoms in total. The highest BCUT2D eigenvalue weighted by atomic mass is 79.9. The van der Waals surface area contributed by atoms with Crippen LogP contribution >= 0.6 is 15.9 Å². The zero-order valence-electron chi connectivity index (χ0n) is 20.5. The van der Waals surface area contributed by atoms with Crippen molar-refractivity contribution >= 4 is 31.9 Å². The van der Waals surface area contributed by atoms with Gasteiger partial charge in [-0.3, -0.25) is 4.79 Å². The van der Waals surface area contributed by atoms with Crippen molar-refractivity contribution in [1.29, 1.82) is 0 Å². The van der Waals surface area contributed by atoms with Crippen LogP contribution in [0, 0.1) is 11.7 Å². The van der Waals surface area contributed by atoms with E-state index < -0.39 is 27.9 Å². The molecule has 0 fully saturated rings. The number of esters is 1. The maximum atomic E-state index is 13.7. The highest BCUT2D eigenvalue weighted by Gasteiger charge is 2.37. The molecule has 0 aliphatic carbocycles. The van der Waals surface area contributed by atoms with E-state index in [4.69, 9.17) is 4.74 Å². The van der Waals surface area contributed by atoms with Crippen LogP contribution in [0.25, 0.3) is 0 Å². The number of methoxy groups -OCH3 is 1. The van der Waals surface area contributed by atoms with Crippen molar-refractivity contribution in [2.24, 2.45) is 5.92 Å². The summed E-state index contributed by atoms with van der Waals surface area (Å²) in [6.45, 7) is 4.43. The zero-order valence-corrected chi connectivity index (χ0v) is 22.9. The maximum absolute atomic E-state index is 13.7. The van der Waals surface area contributed by atoms with Gasteiger partial charge in [-0.05, 0) is 64.9 Å². The van der Waals surface area contributed by atoms with Crippen LogP contribution in [0.1, 0.15) is 37.9 Å². The molecule has 0 radical (unpaired) electrons. The topological polar surface area (TPSA) is 94.4 Å². The van der Waals surface area contributed by atoms with Crippen molar-refractivity contribution in [1.82, 2.24) is 19.3 Å². The number of aryl methyl sites for hydroxylation is 1. The summed E-state index contributed by atoms with van der Waals surface area (Å²) >= 11 is 3.16. The quantitative estimate of drug-likeness (QED) is 0.294. The fourth-order valence-electron chi connectivity index (χ4n) is 3.89. The standard InChI is InChI=1S/C25H30BrFN4O4S/c1-18(2)14-23(25(32)35-3)31(36(33,34)24-12-11-20(27)15-22(24)26)13-7-10-21-17-30(29-28-21)16-19-8-5-4-6-9-19/h4-6,8-9,11-12,15,17-18,23H,7,10,13-14,16H2,1-3H3/t23-/m0/s1. The number of aromatic nitrogens is 3. The second-order valence-corrected chi connectivity index (χ2v) is 11.6. The molecule has 0 aliphatic heterocycles. The molecule has 3 aromatic rings. The van der Waals surface area contributed by atoms with E-state index in [0.29, 0.717) is 25.1 Å². The molecule has 1 aromatic heterocycles. The Labute approximate surface area is 219 Å². The van der Waals surface area contributed by atoms with Gasteiger partial charge < -0.3 is 4.74 Å². The van der Waals surface area contributed by atoms with E-state index in [0.717, 1.165) is 22.0 Å². The Balaban J connectivity index is 1.81. The van der Waals surface area contributed by atoms with Crippen molar-refractivity contribution < 1.29 is 22.3 Å². The average Bonchev–Trinajstić information content (AvgIpc) is 3.27. The molecule has 11 heteroatoms. The summed E-state index contributed by atoms with van der Waals surface area (Å²) in [7, 11) is -2.93. The minimum atomic E-state index is -4.16. The van der Waals surface area contributed by atoms with Gasteiger partial charge in [0.25, 0.3) is 0 Å². The minimum Gasteiger partial charge on any atom is -0.468 e. The predicted molar refractivity (Wildman–Crippen MR) is 137 cm³/mol. The third-order valence-corrected chi connectivity index (χ3v) is 8.47. The number of carbonyl (C=O) groups is 1. The summed E-state index contributed by atoms with van der Waals surface area (Å²) in [5.74, 6) is -1.18. The van der Waals surface area contributed by atoms with Crippen LogP contribution in [-0.2, 0) is 32.5 Å². The third-order valence-electron chi connectivity index (χ3n) is 5.58. The molecule has 3 rings (SSSR count). The monoisotopic (exact) mass is 580 g/mol. The smallest absolute Gasteiger partial charge is 0.324 e. The fourth-order valence-corrected chi connectivity index (χ4v) is 6.52. The van der Waals surface area contributed by atoms with Gasteiger partial charge in [0.05, 0.1) is 24.2 Å². The first-order chi connectivity index (χ1) is 17.1. The van der Waals surface area contributed by atoms with Gasteiger partial charge in [0.1, 0.15) is 11.9 Å². The lowest BCUT2D eigenvalue weighted by molar-refractivity contribution is -0.145. The second kappa shape index (κ2) is 12.6. The molecule has 1 heterocycles. The number of ether oxygens (including phenoxy) is 1. The molecular formula is C25H30BrFN4O4S. The predicted octanol–water partition coefficient (Wildman–Crippen LogP) is 4.44. The number of sulfonamides is 1. The summed E-state index contributed by atoms with van der Waals surface area (Å²) in [6, 6.07) is 12.2. The van der Waals surface area contributed by atoms with Crippen LogP contribution in [0.4, 0.5) is 4.39 Å². The minimum absolute atomic E-state index is 0.0290. The number of rotatable bonds is 12. The Morgan fingerprint density at radius 1 is 1.19 bits per heavy atom. The van der Waals surface area contributed by atoms with E-state index in [1.54, 1.807) is 4.68 Å². The average molecular weight is 582 g/mol. The van der Waals surface area contributed by atoms with E-state index in [-0.39, 0.29) is 28.3 Å². The van der Waals surface area contributed by atoms with E-state index in [1.807, 2.05) is 50.4 Å². The summed E-state index contributed by atoms with van der Waals surface area (Å²) in [4.78, 5) is 12.6. The van der Waals surface area contributed by atoms with Crippen LogP contribution in [-0.4, -0.2) is 53.4 Å². The highest BCUT2D eigenvalue weighted by Crippen LogP contribution is 2.29. The van der Waals surface area contributed by atoms with Gasteiger partial charge in [-0.1, -0.05) is 49.4 Å². The van der Waals surface area contributed by atoms with Gasteiger partial charge in [0, 0.05) is 17.2 Å². The number of nitrogens with zero attached hydrogens (tertiary/aromatic N) is 4. The Kier molecular flexibility index (Phi) is 9.75. The van der Waals surface area contributed by atoms with Crippen molar-refractivity contribution in [2.45, 2.75) is 50.6 Å². The molecule has 1 atom stereocenters. The van der Waals surface area contributed by atoms with Crippen LogP contribution in [0.5, 0.6) is 0 Å². The van der Waals surface area contributed by atoms with E-state index >= 15 is 0 Å². The van der Waals surface area contributed by atoms with Crippen LogP contribution in [0.3, 0.4) is 0 Å². The van der Waals surface area contributed by atoms with Crippen molar-refractivity contribution in [3.05, 3.63) is 76.3 Å². The van der Waals surface area contributed by atoms with Crippen LogP contribution < -0.4 is 0 Å². The highest BCUT2D eigenvalue weighted by molar-refractivity contribution is 9.10. The second-order valence-electron chi connectivity index (χ2n) is 8.86. The van der Waals surface area contributed by atoms with Gasteiger partial charge in [-0.25, -0.2) is 17.5 Å². The molecule has 0 N–H and O–H groups in total. The number of hydrogen-bond donors (Lipinski definition) is 0. The lowest BCUT2D eigenvalue weighted by Crippen LogP contribution is -2.47. The van der Waals surface area contributed by atoms with Gasteiger partial charge in [0.2, 0.25) is 10.0 Å². The number of carbonyl (C=O) groups excluding carboxylic acids is 1. The Hall–Kier alpha value is -2.63. The third kappa shape index (κ3) is 7.21. The van der Waals surface area contributed by atoms with Gasteiger partial charge in [-0.15, -0.1) is 5.10 Å². The fraction of sp³-hybridized carbons (Fsp3) is 0.400. The SMILES string of the molecule is COC(=O)[C@H](CC(C)C)N(CCCc1cn(Cc2ccccc2)nn1)S(=O)(=O)c1ccc(F)cc1Br. The molecular weight excluding hydrogens is 551 g/mol. The molecule has 0 saturated carbocycles. The molecule has 2 aromatic carbocycles. The van der Waals surface area contributed by atoms with Crippen LogP contribution in [0.15, 0.2) is 64.1 Å². The summed E-state index contributed by atoms with van der Waals surface area (Å²) < 4.78 is 49.0. The Morgan fingerprint density at radius 2 is 1.92 bits per heavy atom. The normalized spacial score (nSPS) is 12.8. The molecule has 0 spiro atoms. The molecule has 36 heavy (non-hydrogen) atoms. The van der Waals surface area contributed by atoms with E-state index in [2.05, 4.69) is 26.2 Å². The number of halogens is 2. The molecule has 0 amide bonds. The first-order valence-corrected chi connectivity index (χ1v) is 13.8. The molecule has 0 aliphatic rings. The molecule has 0 saturated heterocycles. The van der Waals surface area contributed by atoms with E-state index in [9.17, 15) is 17.6 Å². The lowest BCUT2D eigenvalue weighted by Gasteiger charge is -2.30. The van der Waals surface area contributed by atoms with Gasteiger partial charge >= 0.3 is 5.97 Å².